The summed E-state index contributed by atoms with van der Waals surface area (Å²) in [6.07, 6.45) is 4.32. The normalized spacial score (nSPS) is 13.3. The van der Waals surface area contributed by atoms with Crippen molar-refractivity contribution in [2.75, 3.05) is 0 Å². The van der Waals surface area contributed by atoms with Crippen LogP contribution in [0.2, 0.25) is 0 Å². The Morgan fingerprint density at radius 1 is 0.404 bits per heavy atom. The Hall–Kier alpha value is -11.9. The van der Waals surface area contributed by atoms with Gasteiger partial charge in [0.2, 0.25) is 28.6 Å². The van der Waals surface area contributed by atoms with Crippen LogP contribution < -0.4 is 16.9 Å². The lowest BCUT2D eigenvalue weighted by Gasteiger charge is -2.09. The van der Waals surface area contributed by atoms with Gasteiger partial charge in [-0.05, 0) is 127 Å². The number of aromatic hydroxyl groups is 2. The lowest BCUT2D eigenvalue weighted by atomic mass is 10.1. The Balaban J connectivity index is 0.963. The summed E-state index contributed by atoms with van der Waals surface area (Å²) in [4.78, 5) is 41.6. The van der Waals surface area contributed by atoms with E-state index in [4.69, 9.17) is 0 Å². The number of hydrogen-bond donors (Lipinski definition) is 12. The average Bonchev–Trinajstić information content (AvgIpc) is 1.74. The van der Waals surface area contributed by atoms with Gasteiger partial charge in [-0.2, -0.15) is 61.6 Å². The van der Waals surface area contributed by atoms with Gasteiger partial charge in [0, 0.05) is 0 Å². The first-order chi connectivity index (χ1) is 46.5. The van der Waals surface area contributed by atoms with Crippen molar-refractivity contribution in [3.63, 3.8) is 0 Å². The van der Waals surface area contributed by atoms with Crippen molar-refractivity contribution in [2.45, 2.75) is 38.3 Å². The molecule has 0 atom stereocenters. The van der Waals surface area contributed by atoms with Crippen LogP contribution in [0.4, 0.5) is 39.8 Å². The minimum absolute atomic E-state index is 0.0514. The maximum atomic E-state index is 13.0. The Labute approximate surface area is 557 Å². The molecule has 0 aliphatic carbocycles. The number of carbonyl (C=O) groups is 2. The molecule has 0 aliphatic heterocycles. The first-order valence-corrected chi connectivity index (χ1v) is 34.7. The fourth-order valence-corrected chi connectivity index (χ4v) is 12.6. The number of benzene rings is 7. The Morgan fingerprint density at radius 2 is 0.768 bits per heavy atom. The smallest absolute Gasteiger partial charge is 0.338 e. The topological polar surface area (TPSA) is 556 Å². The molecular weight excluding hydrogens is 1400 g/mol. The summed E-state index contributed by atoms with van der Waals surface area (Å²) < 4.78 is 179. The zero-order chi connectivity index (χ0) is 71.7. The molecule has 40 heteroatoms. The molecule has 0 spiro atoms. The number of carboxylic acid groups (broad SMARTS) is 2. The number of hydrogen-bond acceptors (Lipinski definition) is 23. The van der Waals surface area contributed by atoms with Gasteiger partial charge >= 0.3 is 11.9 Å². The number of aryl methyl sites for hydroxylation is 2. The first kappa shape index (κ1) is 70.0. The summed E-state index contributed by atoms with van der Waals surface area (Å²) in [5.41, 5.74) is -3.72. The molecule has 35 nitrogen and oxygen atoms in total. The van der Waals surface area contributed by atoms with Gasteiger partial charge in [0.1, 0.15) is 31.0 Å². The Kier molecular flexibility index (Phi) is 19.3. The van der Waals surface area contributed by atoms with Crippen LogP contribution in [-0.2, 0) is 50.6 Å². The molecule has 0 aliphatic rings. The predicted octanol–water partition coefficient (Wildman–Crippen LogP) is 8.57. The maximum Gasteiger partial charge on any atom is 0.338 e. The summed E-state index contributed by atoms with van der Waals surface area (Å²) in [5.74, 6) is -4.38. The molecule has 0 unspecified atom stereocenters. The monoisotopic (exact) mass is 1450 g/mol. The summed E-state index contributed by atoms with van der Waals surface area (Å²) in [6.45, 7) is 2.76. The zero-order valence-corrected chi connectivity index (χ0v) is 54.1. The first-order valence-electron chi connectivity index (χ1n) is 27.5. The highest BCUT2D eigenvalue weighted by Crippen LogP contribution is 2.38. The van der Waals surface area contributed by atoms with Crippen molar-refractivity contribution in [1.29, 1.82) is 0 Å². The van der Waals surface area contributed by atoms with E-state index in [-0.39, 0.29) is 95.9 Å². The molecule has 3 heterocycles. The van der Waals surface area contributed by atoms with Crippen LogP contribution >= 0.6 is 0 Å². The van der Waals surface area contributed by atoms with Crippen LogP contribution in [0, 0.1) is 13.8 Å². The molecule has 0 saturated carbocycles. The molecule has 0 fully saturated rings. The van der Waals surface area contributed by atoms with Crippen LogP contribution in [-0.4, -0.2) is 132 Å². The predicted molar refractivity (Wildman–Crippen MR) is 347 cm³/mol. The highest BCUT2D eigenvalue weighted by Gasteiger charge is 2.25. The van der Waals surface area contributed by atoms with E-state index in [2.05, 4.69) is 60.6 Å². The number of aromatic carboxylic acids is 2. The van der Waals surface area contributed by atoms with Crippen LogP contribution in [0.25, 0.3) is 35.7 Å². The largest absolute Gasteiger partial charge is 0.492 e. The van der Waals surface area contributed by atoms with Crippen molar-refractivity contribution in [1.82, 2.24) is 34.5 Å². The van der Waals surface area contributed by atoms with Crippen molar-refractivity contribution < 1.29 is 94.9 Å². The van der Waals surface area contributed by atoms with Crippen LogP contribution in [0.3, 0.4) is 0 Å². The molecule has 0 bridgehead atoms. The second-order valence-electron chi connectivity index (χ2n) is 20.6. The van der Waals surface area contributed by atoms with Gasteiger partial charge in [0.15, 0.2) is 11.4 Å². The number of azo groups is 2. The summed E-state index contributed by atoms with van der Waals surface area (Å²) in [6, 6.07) is 29.7. The minimum Gasteiger partial charge on any atom is -0.492 e. The van der Waals surface area contributed by atoms with Gasteiger partial charge in [-0.15, -0.1) is 20.5 Å². The van der Waals surface area contributed by atoms with E-state index < -0.39 is 110 Å². The number of carboxylic acids is 2. The molecular formula is C59H46N14O21S5. The lowest BCUT2D eigenvalue weighted by Crippen LogP contribution is -2.36. The van der Waals surface area contributed by atoms with Crippen LogP contribution in [0.5, 0.6) is 11.8 Å². The number of nitrogens with one attached hydrogen (secondary N) is 3. The number of aromatic nitrogens is 7. The van der Waals surface area contributed by atoms with Crippen molar-refractivity contribution in [2.24, 2.45) is 35.4 Å². The molecule has 7 aromatic carbocycles. The maximum absolute atomic E-state index is 13.0. The van der Waals surface area contributed by atoms with Gasteiger partial charge in [0.05, 0.1) is 55.8 Å². The van der Waals surface area contributed by atoms with E-state index in [1.54, 1.807) is 30.3 Å². The van der Waals surface area contributed by atoms with E-state index in [1.807, 2.05) is 0 Å². The van der Waals surface area contributed by atoms with Crippen LogP contribution in [0.15, 0.2) is 206 Å². The molecule has 99 heavy (non-hydrogen) atoms. The van der Waals surface area contributed by atoms with E-state index in [1.165, 1.54) is 74.5 Å². The van der Waals surface area contributed by atoms with Crippen LogP contribution in [0.1, 0.15) is 54.4 Å². The third-order valence-electron chi connectivity index (χ3n) is 13.8. The third kappa shape index (κ3) is 16.2. The molecule has 10 aromatic rings. The zero-order valence-electron chi connectivity index (χ0n) is 50.1. The number of para-hydroxylation sites is 1. The molecule has 508 valence electrons. The standard InChI is InChI=1S/C59H46N14O21S5/c1-31-51(68-66-45-11-7-6-10-43(45)55(76)77)53(74)72(70-31)40-22-18-35(49(28-40)98(89,90)91)14-12-33-16-20-38(26-47(33)96(83,84)85)61-58-63-57(60-37-8-4-3-5-9-37)64-59(65-58)62-39-21-17-34(48(27-39)97(86,87)88)13-15-36-19-23-41(29-50(36)99(92,93)94)73-54(75)52(32(2)71-73)69-67-46-25-24-42(95(80,81)82)30-44(46)56(78)79/h3-30,74-75H,1-2H3,(H,76,77)(H,78,79)(H,80,81,82)(H,83,84,85)(H,86,87,88)(H,89,90,91)(H,92,93,94)(H3,60,61,62,63,64,65)/b14-12+,15-13+,68-66?,69-67?. The van der Waals surface area contributed by atoms with E-state index in [0.717, 1.165) is 82.2 Å². The second-order valence-corrected chi connectivity index (χ2v) is 27.5. The third-order valence-corrected chi connectivity index (χ3v) is 18.3. The van der Waals surface area contributed by atoms with Gasteiger partial charge in [-0.1, -0.05) is 78.9 Å². The number of aromatic amines is 3. The van der Waals surface area contributed by atoms with E-state index in [0.29, 0.717) is 11.8 Å². The Morgan fingerprint density at radius 3 is 1.16 bits per heavy atom. The molecule has 3 aromatic heterocycles. The van der Waals surface area contributed by atoms with Gasteiger partial charge in [-0.3, -0.25) is 37.7 Å². The summed E-state index contributed by atoms with van der Waals surface area (Å²) in [7, 11) is -25.3. The molecule has 10 rings (SSSR count). The van der Waals surface area contributed by atoms with Gasteiger partial charge in [-0.25, -0.2) is 24.6 Å². The van der Waals surface area contributed by atoms with Crippen molar-refractivity contribution in [3.05, 3.63) is 207 Å². The molecule has 12 N–H and O–H groups in total. The van der Waals surface area contributed by atoms with Gasteiger partial charge < -0.3 is 20.4 Å². The highest BCUT2D eigenvalue weighted by molar-refractivity contribution is 7.87. The van der Waals surface area contributed by atoms with Crippen molar-refractivity contribution >= 4 is 127 Å². The van der Waals surface area contributed by atoms with Crippen molar-refractivity contribution in [3.8, 4) is 23.1 Å². The summed E-state index contributed by atoms with van der Waals surface area (Å²) >= 11 is 0. The fourth-order valence-electron chi connectivity index (χ4n) is 9.28. The number of H-pyrrole nitrogens is 3. The average molecular weight is 1450 g/mol. The number of rotatable bonds is 20. The quantitative estimate of drug-likeness (QED) is 0.0193. The number of nitrogens with zero attached hydrogens (tertiary/aromatic N) is 11. The second kappa shape index (κ2) is 27.3. The lowest BCUT2D eigenvalue weighted by molar-refractivity contribution is 0.0686. The Bertz CT molecular complexity index is 5980. The highest BCUT2D eigenvalue weighted by atomic mass is 32.2. The molecule has 0 saturated heterocycles. The fraction of sp³-hybridized carbons (Fsp3) is 0.0339. The van der Waals surface area contributed by atoms with Gasteiger partial charge in [0.25, 0.3) is 50.6 Å². The minimum atomic E-state index is -5.15. The van der Waals surface area contributed by atoms with E-state index in [9.17, 15) is 94.9 Å². The molecule has 0 amide bonds. The van der Waals surface area contributed by atoms with E-state index >= 15 is 0 Å². The SMILES string of the molecule is Cc1nn(-c2ccc(/C=C/c3ccc(N=c4[nH]c(=Nc5ccccc5)[nH]c(=Nc5ccc(/C=C/c6ccc(-n7nc(C)c(N=Nc8ccc(S(=O)(=O)O)cc8C(=O)O)c7O)cc6S(=O)(=O)O)c(S(=O)(=O)O)c5)[nH]4)cc3S(=O)(=O)O)c(S(=O)(=O)O)c2)c(O)c1N=Nc1ccccc1C(=O)O. The summed E-state index contributed by atoms with van der Waals surface area (Å²) in [5, 5.41) is 65.3. The molecule has 0 radical (unpaired) electrons.